The molecule has 7 aromatic carbocycles. The van der Waals surface area contributed by atoms with Crippen LogP contribution < -0.4 is 0 Å². The highest BCUT2D eigenvalue weighted by Crippen LogP contribution is 2.35. The summed E-state index contributed by atoms with van der Waals surface area (Å²) in [5, 5.41) is 7.08. The molecule has 0 amide bonds. The van der Waals surface area contributed by atoms with Crippen LogP contribution in [0.2, 0.25) is 0 Å². The van der Waals surface area contributed by atoms with Gasteiger partial charge in [0.25, 0.3) is 0 Å². The molecule has 0 radical (unpaired) electrons. The Kier molecular flexibility index (Phi) is 7.10. The Morgan fingerprint density at radius 3 is 1.60 bits per heavy atom. The summed E-state index contributed by atoms with van der Waals surface area (Å²) in [7, 11) is 0. The molecule has 0 saturated carbocycles. The molecule has 0 aliphatic rings. The third kappa shape index (κ3) is 5.34. The summed E-state index contributed by atoms with van der Waals surface area (Å²) < 4.78 is 0. The molecule has 0 atom stereocenters. The minimum Gasteiger partial charge on any atom is -0.248 e. The highest BCUT2D eigenvalue weighted by Gasteiger charge is 2.14. The van der Waals surface area contributed by atoms with E-state index in [4.69, 9.17) is 19.9 Å². The van der Waals surface area contributed by atoms with Gasteiger partial charge in [-0.3, -0.25) is 0 Å². The van der Waals surface area contributed by atoms with E-state index >= 15 is 0 Å². The van der Waals surface area contributed by atoms with Crippen molar-refractivity contribution in [1.82, 2.24) is 19.9 Å². The predicted molar refractivity (Wildman–Crippen MR) is 215 cm³/mol. The highest BCUT2D eigenvalue weighted by molar-refractivity contribution is 6.14. The minimum absolute atomic E-state index is 0.673. The lowest BCUT2D eigenvalue weighted by Crippen LogP contribution is -1.97. The summed E-state index contributed by atoms with van der Waals surface area (Å²) in [6.45, 7) is 0. The molecule has 0 fully saturated rings. The molecule has 4 heteroatoms. The lowest BCUT2D eigenvalue weighted by atomic mass is 9.95. The summed E-state index contributed by atoms with van der Waals surface area (Å²) in [6, 6.07) is 63.3. The molecule has 10 aromatic rings. The largest absolute Gasteiger partial charge is 0.248 e. The zero-order valence-electron chi connectivity index (χ0n) is 28.1. The summed E-state index contributed by atoms with van der Waals surface area (Å²) in [5.41, 5.74) is 10.6. The standard InChI is InChI=1S/C48H30N4/c1-3-11-32(12-4-1)45-30-46(52-48(51-45)36-13-5-2-6-14-36)42-27-25-34-20-23-38(29-44(34)50-42)37-22-19-33-24-26-41(49-43(33)28-37)40-17-9-15-35-21-18-31-10-7-8-16-39(31)47(35)40/h1-30H. The molecular formula is C48H30N4. The first-order valence-corrected chi connectivity index (χ1v) is 17.5. The zero-order chi connectivity index (χ0) is 34.4. The van der Waals surface area contributed by atoms with Gasteiger partial charge in [-0.2, -0.15) is 0 Å². The third-order valence-corrected chi connectivity index (χ3v) is 9.85. The Labute approximate surface area is 300 Å². The monoisotopic (exact) mass is 662 g/mol. The molecule has 0 aliphatic carbocycles. The number of hydrogen-bond donors (Lipinski definition) is 0. The summed E-state index contributed by atoms with van der Waals surface area (Å²) in [4.78, 5) is 20.4. The maximum absolute atomic E-state index is 5.24. The highest BCUT2D eigenvalue weighted by atomic mass is 14.9. The first-order valence-electron chi connectivity index (χ1n) is 17.5. The number of aromatic nitrogens is 4. The van der Waals surface area contributed by atoms with Crippen molar-refractivity contribution < 1.29 is 0 Å². The predicted octanol–water partition coefficient (Wildman–Crippen LogP) is 12.2. The number of nitrogens with zero attached hydrogens (tertiary/aromatic N) is 4. The maximum Gasteiger partial charge on any atom is 0.160 e. The molecule has 0 N–H and O–H groups in total. The number of benzene rings is 7. The second-order valence-corrected chi connectivity index (χ2v) is 13.1. The van der Waals surface area contributed by atoms with Crippen LogP contribution in [-0.4, -0.2) is 19.9 Å². The molecule has 0 unspecified atom stereocenters. The molecule has 3 heterocycles. The van der Waals surface area contributed by atoms with Gasteiger partial charge in [-0.15, -0.1) is 0 Å². The lowest BCUT2D eigenvalue weighted by Gasteiger charge is -2.11. The fourth-order valence-corrected chi connectivity index (χ4v) is 7.21. The second-order valence-electron chi connectivity index (χ2n) is 13.1. The Bertz CT molecular complexity index is 2900. The van der Waals surface area contributed by atoms with Crippen molar-refractivity contribution in [2.24, 2.45) is 0 Å². The quantitative estimate of drug-likeness (QED) is 0.172. The Hall–Kier alpha value is -7.04. The Balaban J connectivity index is 1.06. The Morgan fingerprint density at radius 2 is 0.846 bits per heavy atom. The van der Waals surface area contributed by atoms with E-state index in [1.807, 2.05) is 60.7 Å². The van der Waals surface area contributed by atoms with Crippen LogP contribution in [0.3, 0.4) is 0 Å². The number of rotatable bonds is 5. The second kappa shape index (κ2) is 12.4. The summed E-state index contributed by atoms with van der Waals surface area (Å²) >= 11 is 0. The van der Waals surface area contributed by atoms with E-state index < -0.39 is 0 Å². The van der Waals surface area contributed by atoms with E-state index in [2.05, 4.69) is 121 Å². The van der Waals surface area contributed by atoms with Gasteiger partial charge in [-0.25, -0.2) is 19.9 Å². The van der Waals surface area contributed by atoms with Gasteiger partial charge in [-0.05, 0) is 63.0 Å². The van der Waals surface area contributed by atoms with Gasteiger partial charge in [0.15, 0.2) is 5.82 Å². The van der Waals surface area contributed by atoms with Crippen LogP contribution in [0.4, 0.5) is 0 Å². The van der Waals surface area contributed by atoms with Crippen LogP contribution in [0.15, 0.2) is 182 Å². The zero-order valence-corrected chi connectivity index (χ0v) is 28.1. The molecular weight excluding hydrogens is 633 g/mol. The van der Waals surface area contributed by atoms with Crippen LogP contribution in [-0.2, 0) is 0 Å². The molecule has 0 spiro atoms. The van der Waals surface area contributed by atoms with E-state index in [0.29, 0.717) is 5.82 Å². The van der Waals surface area contributed by atoms with Crippen LogP contribution >= 0.6 is 0 Å². The minimum atomic E-state index is 0.673. The lowest BCUT2D eigenvalue weighted by molar-refractivity contribution is 1.17. The van der Waals surface area contributed by atoms with Crippen molar-refractivity contribution in [3.63, 3.8) is 0 Å². The first kappa shape index (κ1) is 29.8. The van der Waals surface area contributed by atoms with E-state index in [1.165, 1.54) is 21.5 Å². The van der Waals surface area contributed by atoms with Crippen molar-refractivity contribution in [1.29, 1.82) is 0 Å². The summed E-state index contributed by atoms with van der Waals surface area (Å²) in [6.07, 6.45) is 0. The topological polar surface area (TPSA) is 51.6 Å². The normalized spacial score (nSPS) is 11.5. The van der Waals surface area contributed by atoms with E-state index in [-0.39, 0.29) is 0 Å². The van der Waals surface area contributed by atoms with Gasteiger partial charge in [-0.1, -0.05) is 152 Å². The van der Waals surface area contributed by atoms with Gasteiger partial charge in [0.05, 0.1) is 33.8 Å². The van der Waals surface area contributed by atoms with Crippen molar-refractivity contribution in [3.8, 4) is 56.4 Å². The van der Waals surface area contributed by atoms with Gasteiger partial charge in [0.1, 0.15) is 0 Å². The van der Waals surface area contributed by atoms with Crippen LogP contribution in [0, 0.1) is 0 Å². The van der Waals surface area contributed by atoms with Gasteiger partial charge >= 0.3 is 0 Å². The number of pyridine rings is 2. The number of hydrogen-bond acceptors (Lipinski definition) is 4. The molecule has 4 nitrogen and oxygen atoms in total. The molecule has 0 saturated heterocycles. The maximum atomic E-state index is 5.24. The molecule has 0 bridgehead atoms. The van der Waals surface area contributed by atoms with Crippen LogP contribution in [0.1, 0.15) is 0 Å². The molecule has 3 aromatic heterocycles. The first-order chi connectivity index (χ1) is 25.7. The van der Waals surface area contributed by atoms with Gasteiger partial charge < -0.3 is 0 Å². The molecule has 52 heavy (non-hydrogen) atoms. The number of fused-ring (bicyclic) bond motifs is 5. The van der Waals surface area contributed by atoms with E-state index in [9.17, 15) is 0 Å². The van der Waals surface area contributed by atoms with Crippen molar-refractivity contribution in [2.75, 3.05) is 0 Å². The molecule has 10 rings (SSSR count). The van der Waals surface area contributed by atoms with Gasteiger partial charge in [0, 0.05) is 27.5 Å². The smallest absolute Gasteiger partial charge is 0.160 e. The van der Waals surface area contributed by atoms with Crippen molar-refractivity contribution >= 4 is 43.4 Å². The average Bonchev–Trinajstić information content (AvgIpc) is 3.23. The van der Waals surface area contributed by atoms with E-state index in [0.717, 1.165) is 72.4 Å². The third-order valence-electron chi connectivity index (χ3n) is 9.85. The average molecular weight is 663 g/mol. The van der Waals surface area contributed by atoms with E-state index in [1.54, 1.807) is 0 Å². The SMILES string of the molecule is c1ccc(-c2cc(-c3ccc4ccc(-c5ccc6ccc(-c7cccc8ccc9ccccc9c78)nc6c5)cc4n3)nc(-c3ccccc3)n2)cc1. The molecule has 242 valence electrons. The van der Waals surface area contributed by atoms with Crippen LogP contribution in [0.5, 0.6) is 0 Å². The van der Waals surface area contributed by atoms with Crippen molar-refractivity contribution in [2.45, 2.75) is 0 Å². The van der Waals surface area contributed by atoms with Gasteiger partial charge in [0.2, 0.25) is 0 Å². The fourth-order valence-electron chi connectivity index (χ4n) is 7.21. The Morgan fingerprint density at radius 1 is 0.288 bits per heavy atom. The summed E-state index contributed by atoms with van der Waals surface area (Å²) in [5.74, 6) is 0.673. The fraction of sp³-hybridized carbons (Fsp3) is 0. The van der Waals surface area contributed by atoms with Crippen molar-refractivity contribution in [3.05, 3.63) is 182 Å². The molecule has 0 aliphatic heterocycles. The van der Waals surface area contributed by atoms with Crippen LogP contribution in [0.25, 0.3) is 99.8 Å².